The maximum Gasteiger partial charge on any atom is 0.0985 e. The minimum absolute atomic E-state index is 0.506. The van der Waals surface area contributed by atoms with E-state index in [1.165, 1.54) is 44.3 Å². The lowest BCUT2D eigenvalue weighted by molar-refractivity contribution is 0.0600. The molecule has 0 aromatic carbocycles. The van der Waals surface area contributed by atoms with Crippen molar-refractivity contribution in [3.05, 3.63) is 11.3 Å². The number of allylic oxidation sites excluding steroid dienone is 2. The lowest BCUT2D eigenvalue weighted by Crippen LogP contribution is -2.25. The Morgan fingerprint density at radius 3 is 2.85 bits per heavy atom. The zero-order valence-corrected chi connectivity index (χ0v) is 8.81. The molecule has 1 nitrogen and oxygen atoms in total. The highest BCUT2D eigenvalue weighted by molar-refractivity contribution is 5.17. The lowest BCUT2D eigenvalue weighted by atomic mass is 9.83. The zero-order chi connectivity index (χ0) is 9.26. The summed E-state index contributed by atoms with van der Waals surface area (Å²) in [4.78, 5) is 0. The van der Waals surface area contributed by atoms with E-state index < -0.39 is 0 Å². The van der Waals surface area contributed by atoms with Crippen LogP contribution in [0.5, 0.6) is 0 Å². The second-order valence-corrected chi connectivity index (χ2v) is 4.44. The van der Waals surface area contributed by atoms with E-state index in [0.717, 1.165) is 5.92 Å². The molecule has 1 aliphatic carbocycles. The first-order valence-corrected chi connectivity index (χ1v) is 5.69. The van der Waals surface area contributed by atoms with Crippen LogP contribution in [0.2, 0.25) is 0 Å². The third-order valence-electron chi connectivity index (χ3n) is 3.43. The molecule has 0 unspecified atom stereocenters. The summed E-state index contributed by atoms with van der Waals surface area (Å²) in [5.41, 5.74) is 1.64. The van der Waals surface area contributed by atoms with Gasteiger partial charge in [-0.3, -0.25) is 0 Å². The molecule has 0 N–H and O–H groups in total. The first-order chi connectivity index (χ1) is 6.31. The van der Waals surface area contributed by atoms with Gasteiger partial charge in [-0.1, -0.05) is 13.8 Å². The van der Waals surface area contributed by atoms with Crippen LogP contribution in [-0.4, -0.2) is 6.10 Å². The van der Waals surface area contributed by atoms with Gasteiger partial charge in [0.1, 0.15) is 0 Å². The van der Waals surface area contributed by atoms with E-state index in [0.29, 0.717) is 6.10 Å². The molecule has 1 aliphatic heterocycles. The van der Waals surface area contributed by atoms with E-state index in [1.807, 2.05) is 0 Å². The third kappa shape index (κ3) is 1.74. The van der Waals surface area contributed by atoms with Crippen molar-refractivity contribution < 1.29 is 4.74 Å². The van der Waals surface area contributed by atoms with Crippen LogP contribution in [-0.2, 0) is 4.74 Å². The molecule has 0 saturated carbocycles. The molecule has 13 heavy (non-hydrogen) atoms. The van der Waals surface area contributed by atoms with Gasteiger partial charge in [-0.2, -0.15) is 0 Å². The molecule has 1 heterocycles. The second-order valence-electron chi connectivity index (χ2n) is 4.44. The molecule has 0 aromatic rings. The Bertz CT molecular complexity index is 217. The van der Waals surface area contributed by atoms with Gasteiger partial charge >= 0.3 is 0 Å². The number of rotatable bonds is 1. The van der Waals surface area contributed by atoms with Crippen LogP contribution in [0.1, 0.15) is 52.4 Å². The van der Waals surface area contributed by atoms with Gasteiger partial charge in [-0.05, 0) is 43.6 Å². The predicted molar refractivity (Wildman–Crippen MR) is 54.4 cm³/mol. The number of ether oxygens (including phenoxy) is 1. The van der Waals surface area contributed by atoms with Gasteiger partial charge in [0.25, 0.3) is 0 Å². The fourth-order valence-electron chi connectivity index (χ4n) is 2.59. The first-order valence-electron chi connectivity index (χ1n) is 5.69. The number of hydrogen-bond donors (Lipinski definition) is 0. The van der Waals surface area contributed by atoms with Crippen molar-refractivity contribution >= 4 is 0 Å². The molecule has 0 fully saturated rings. The molecule has 0 saturated heterocycles. The molecule has 0 aromatic heterocycles. The van der Waals surface area contributed by atoms with Gasteiger partial charge in [-0.25, -0.2) is 0 Å². The van der Waals surface area contributed by atoms with Crippen molar-refractivity contribution in [3.63, 3.8) is 0 Å². The largest absolute Gasteiger partial charge is 0.495 e. The second kappa shape index (κ2) is 3.73. The van der Waals surface area contributed by atoms with Crippen molar-refractivity contribution in [1.29, 1.82) is 0 Å². The summed E-state index contributed by atoms with van der Waals surface area (Å²) in [6, 6.07) is 0. The molecule has 0 bridgehead atoms. The minimum atomic E-state index is 0.506. The molecule has 0 amide bonds. The zero-order valence-electron chi connectivity index (χ0n) is 8.81. The van der Waals surface area contributed by atoms with Crippen molar-refractivity contribution in [3.8, 4) is 0 Å². The fourth-order valence-corrected chi connectivity index (χ4v) is 2.59. The van der Waals surface area contributed by atoms with Crippen LogP contribution in [0, 0.1) is 5.92 Å². The normalized spacial score (nSPS) is 34.0. The van der Waals surface area contributed by atoms with Crippen LogP contribution in [0.25, 0.3) is 0 Å². The molecule has 2 rings (SSSR count). The van der Waals surface area contributed by atoms with Gasteiger partial charge in [0.15, 0.2) is 0 Å². The molecule has 1 heteroatoms. The summed E-state index contributed by atoms with van der Waals surface area (Å²) in [7, 11) is 0. The van der Waals surface area contributed by atoms with Crippen molar-refractivity contribution in [2.45, 2.75) is 58.5 Å². The summed E-state index contributed by atoms with van der Waals surface area (Å²) >= 11 is 0. The Balaban J connectivity index is 2.15. The van der Waals surface area contributed by atoms with E-state index in [1.54, 1.807) is 5.57 Å². The summed E-state index contributed by atoms with van der Waals surface area (Å²) in [6.07, 6.45) is 8.14. The molecular formula is C12H20O. The lowest BCUT2D eigenvalue weighted by Gasteiger charge is -2.34. The van der Waals surface area contributed by atoms with Crippen LogP contribution < -0.4 is 0 Å². The molecule has 2 aliphatic rings. The van der Waals surface area contributed by atoms with E-state index in [9.17, 15) is 0 Å². The van der Waals surface area contributed by atoms with Crippen LogP contribution in [0.4, 0.5) is 0 Å². The summed E-state index contributed by atoms with van der Waals surface area (Å²) in [5.74, 6) is 2.14. The fraction of sp³-hybridized carbons (Fsp3) is 0.833. The van der Waals surface area contributed by atoms with E-state index in [4.69, 9.17) is 4.74 Å². The highest BCUT2D eigenvalue weighted by atomic mass is 16.5. The van der Waals surface area contributed by atoms with Crippen LogP contribution in [0.15, 0.2) is 11.3 Å². The first kappa shape index (κ1) is 9.11. The Morgan fingerprint density at radius 1 is 1.31 bits per heavy atom. The quantitative estimate of drug-likeness (QED) is 0.598. The maximum absolute atomic E-state index is 5.99. The molecule has 74 valence electrons. The Morgan fingerprint density at radius 2 is 2.08 bits per heavy atom. The Kier molecular flexibility index (Phi) is 2.61. The molecule has 2 atom stereocenters. The monoisotopic (exact) mass is 180 g/mol. The average molecular weight is 180 g/mol. The van der Waals surface area contributed by atoms with Crippen LogP contribution >= 0.6 is 0 Å². The van der Waals surface area contributed by atoms with E-state index in [-0.39, 0.29) is 0 Å². The predicted octanol–water partition coefficient (Wildman–Crippen LogP) is 3.65. The smallest absolute Gasteiger partial charge is 0.0985 e. The highest BCUT2D eigenvalue weighted by Gasteiger charge is 2.27. The molecular weight excluding hydrogens is 160 g/mol. The van der Waals surface area contributed by atoms with E-state index >= 15 is 0 Å². The third-order valence-corrected chi connectivity index (χ3v) is 3.43. The van der Waals surface area contributed by atoms with Crippen molar-refractivity contribution in [2.24, 2.45) is 5.92 Å². The van der Waals surface area contributed by atoms with Crippen molar-refractivity contribution in [2.75, 3.05) is 0 Å². The van der Waals surface area contributed by atoms with Crippen LogP contribution in [0.3, 0.4) is 0 Å². The van der Waals surface area contributed by atoms with Gasteiger partial charge in [0.2, 0.25) is 0 Å². The average Bonchev–Trinajstić information content (AvgIpc) is 2.18. The maximum atomic E-state index is 5.99. The van der Waals surface area contributed by atoms with Gasteiger partial charge in [0, 0.05) is 6.42 Å². The van der Waals surface area contributed by atoms with Crippen molar-refractivity contribution in [1.82, 2.24) is 0 Å². The Labute approximate surface area is 81.2 Å². The summed E-state index contributed by atoms with van der Waals surface area (Å²) < 4.78 is 5.99. The minimum Gasteiger partial charge on any atom is -0.495 e. The van der Waals surface area contributed by atoms with Gasteiger partial charge in [-0.15, -0.1) is 0 Å². The molecule has 0 spiro atoms. The Hall–Kier alpha value is -0.460. The summed E-state index contributed by atoms with van der Waals surface area (Å²) in [5, 5.41) is 0. The molecule has 0 radical (unpaired) electrons. The highest BCUT2D eigenvalue weighted by Crippen LogP contribution is 2.38. The van der Waals surface area contributed by atoms with E-state index in [2.05, 4.69) is 13.8 Å². The topological polar surface area (TPSA) is 9.23 Å². The summed E-state index contributed by atoms with van der Waals surface area (Å²) in [6.45, 7) is 4.59. The van der Waals surface area contributed by atoms with Gasteiger partial charge < -0.3 is 4.74 Å². The standard InChI is InChI=1S/C12H20O/c1-3-10-8-9(2)11-6-4-5-7-12(11)13-10/h9-10H,3-8H2,1-2H3/t9-,10-/m0/s1. The SMILES string of the molecule is CC[C@H]1C[C@H](C)C2=C(CCCC2)O1. The van der Waals surface area contributed by atoms with Gasteiger partial charge in [0.05, 0.1) is 11.9 Å². The number of hydrogen-bond acceptors (Lipinski definition) is 1.